The first-order valence-electron chi connectivity index (χ1n) is 6.89. The fourth-order valence-electron chi connectivity index (χ4n) is 1.76. The van der Waals surface area contributed by atoms with Crippen LogP contribution in [0.2, 0.25) is 0 Å². The first kappa shape index (κ1) is 22.0. The Balaban J connectivity index is 6.14. The van der Waals surface area contributed by atoms with Crippen LogP contribution in [0.5, 0.6) is 0 Å². The van der Waals surface area contributed by atoms with Crippen molar-refractivity contribution in [3.63, 3.8) is 0 Å². The molecule has 1 atom stereocenters. The van der Waals surface area contributed by atoms with Crippen molar-refractivity contribution in [2.45, 2.75) is 72.0 Å². The second kappa shape index (κ2) is 6.14. The molecule has 1 unspecified atom stereocenters. The van der Waals surface area contributed by atoms with Gasteiger partial charge in [-0.15, -0.1) is 0 Å². The Kier molecular flexibility index (Phi) is 5.88. The van der Waals surface area contributed by atoms with Crippen LogP contribution in [0.1, 0.15) is 48.0 Å². The van der Waals surface area contributed by atoms with Crippen molar-refractivity contribution < 1.29 is 41.0 Å². The summed E-state index contributed by atoms with van der Waals surface area (Å²) >= 11 is 0. The molecule has 0 fully saturated rings. The molecule has 3 nitrogen and oxygen atoms in total. The molecule has 0 aliphatic rings. The molecular formula is C14H22F6O3. The van der Waals surface area contributed by atoms with E-state index in [1.807, 2.05) is 0 Å². The number of alkyl halides is 6. The van der Waals surface area contributed by atoms with Crippen molar-refractivity contribution in [3.8, 4) is 0 Å². The van der Waals surface area contributed by atoms with Crippen LogP contribution in [-0.2, 0) is 9.53 Å². The van der Waals surface area contributed by atoms with E-state index < -0.39 is 40.9 Å². The molecule has 0 heterocycles. The quantitative estimate of drug-likeness (QED) is 0.608. The maximum Gasteiger partial charge on any atom is 0.430 e. The Hall–Kier alpha value is -0.990. The van der Waals surface area contributed by atoms with E-state index >= 15 is 0 Å². The first-order chi connectivity index (χ1) is 9.82. The van der Waals surface area contributed by atoms with Gasteiger partial charge in [0.15, 0.2) is 6.10 Å². The summed E-state index contributed by atoms with van der Waals surface area (Å²) in [5.74, 6) is -1.24. The fraction of sp³-hybridized carbons (Fsp3) is 0.929. The summed E-state index contributed by atoms with van der Waals surface area (Å²) in [7, 11) is 0. The summed E-state index contributed by atoms with van der Waals surface area (Å²) in [5, 5.41) is 9.54. The number of ether oxygens (including phenoxy) is 1. The summed E-state index contributed by atoms with van der Waals surface area (Å²) in [5.41, 5.74) is -8.28. The second-order valence-corrected chi connectivity index (χ2v) is 7.15. The van der Waals surface area contributed by atoms with Crippen LogP contribution in [-0.4, -0.2) is 35.1 Å². The normalized spacial score (nSPS) is 16.2. The minimum absolute atomic E-state index is 0.138. The van der Waals surface area contributed by atoms with Gasteiger partial charge in [0.05, 0.1) is 5.41 Å². The highest BCUT2D eigenvalue weighted by atomic mass is 19.4. The SMILES string of the molecule is CCC(C)(C)C(=O)OC(C(C)(C)C)C(O)(C(F)(F)F)C(F)(F)F. The predicted molar refractivity (Wildman–Crippen MR) is 70.5 cm³/mol. The Morgan fingerprint density at radius 2 is 1.30 bits per heavy atom. The maximum atomic E-state index is 13.0. The Morgan fingerprint density at radius 3 is 1.52 bits per heavy atom. The molecule has 0 bridgehead atoms. The monoisotopic (exact) mass is 352 g/mol. The van der Waals surface area contributed by atoms with Gasteiger partial charge in [-0.3, -0.25) is 4.79 Å². The Labute approximate surface area is 131 Å². The third-order valence-corrected chi connectivity index (χ3v) is 3.69. The molecule has 0 aromatic heterocycles. The van der Waals surface area contributed by atoms with Crippen LogP contribution in [0.4, 0.5) is 26.3 Å². The average molecular weight is 352 g/mol. The number of rotatable bonds is 4. The van der Waals surface area contributed by atoms with E-state index in [1.165, 1.54) is 20.8 Å². The molecule has 9 heteroatoms. The number of carbonyl (C=O) groups is 1. The lowest BCUT2D eigenvalue weighted by molar-refractivity contribution is -0.400. The average Bonchev–Trinajstić information content (AvgIpc) is 2.30. The van der Waals surface area contributed by atoms with E-state index in [0.29, 0.717) is 0 Å². The van der Waals surface area contributed by atoms with Gasteiger partial charge >= 0.3 is 18.3 Å². The molecule has 1 N–H and O–H groups in total. The van der Waals surface area contributed by atoms with Crippen LogP contribution in [0, 0.1) is 10.8 Å². The lowest BCUT2D eigenvalue weighted by Crippen LogP contribution is -2.68. The number of hydrogen-bond donors (Lipinski definition) is 1. The highest BCUT2D eigenvalue weighted by Crippen LogP contribution is 2.50. The zero-order valence-electron chi connectivity index (χ0n) is 13.8. The topological polar surface area (TPSA) is 46.5 Å². The standard InChI is InChI=1S/C14H22F6O3/c1-7-11(5,6)9(21)23-8(10(2,3)4)12(22,13(15,16)17)14(18,19)20/h8,22H,7H2,1-6H3. The smallest absolute Gasteiger partial charge is 0.430 e. The number of esters is 1. The van der Waals surface area contributed by atoms with Crippen molar-refractivity contribution in [3.05, 3.63) is 0 Å². The van der Waals surface area contributed by atoms with Crippen LogP contribution in [0.15, 0.2) is 0 Å². The third kappa shape index (κ3) is 4.30. The van der Waals surface area contributed by atoms with E-state index in [1.54, 1.807) is 0 Å². The van der Waals surface area contributed by atoms with Crippen molar-refractivity contribution in [1.29, 1.82) is 0 Å². The lowest BCUT2D eigenvalue weighted by atomic mass is 9.77. The summed E-state index contributed by atoms with van der Waals surface area (Å²) in [6.07, 6.45) is -14.9. The molecule has 0 radical (unpaired) electrons. The van der Waals surface area contributed by atoms with E-state index in [-0.39, 0.29) is 6.42 Å². The van der Waals surface area contributed by atoms with Crippen molar-refractivity contribution in [2.75, 3.05) is 0 Å². The molecule has 0 amide bonds. The number of halogens is 6. The van der Waals surface area contributed by atoms with Gasteiger partial charge in [-0.1, -0.05) is 27.7 Å². The van der Waals surface area contributed by atoms with Crippen molar-refractivity contribution in [1.82, 2.24) is 0 Å². The molecule has 0 saturated heterocycles. The van der Waals surface area contributed by atoms with E-state index in [0.717, 1.165) is 20.8 Å². The summed E-state index contributed by atoms with van der Waals surface area (Å²) < 4.78 is 82.8. The fourth-order valence-corrected chi connectivity index (χ4v) is 1.76. The van der Waals surface area contributed by atoms with Gasteiger partial charge in [-0.2, -0.15) is 26.3 Å². The van der Waals surface area contributed by atoms with Gasteiger partial charge < -0.3 is 9.84 Å². The van der Waals surface area contributed by atoms with Crippen LogP contribution in [0.3, 0.4) is 0 Å². The van der Waals surface area contributed by atoms with Gasteiger partial charge in [0, 0.05) is 5.41 Å². The molecule has 0 rings (SSSR count). The highest BCUT2D eigenvalue weighted by molar-refractivity contribution is 5.76. The summed E-state index contributed by atoms with van der Waals surface area (Å²) in [4.78, 5) is 12.0. The van der Waals surface area contributed by atoms with Crippen LogP contribution < -0.4 is 0 Å². The van der Waals surface area contributed by atoms with Crippen LogP contribution >= 0.6 is 0 Å². The lowest BCUT2D eigenvalue weighted by Gasteiger charge is -2.44. The van der Waals surface area contributed by atoms with Crippen LogP contribution in [0.25, 0.3) is 0 Å². The molecular weight excluding hydrogens is 330 g/mol. The molecule has 0 saturated carbocycles. The predicted octanol–water partition coefficient (Wildman–Crippen LogP) is 4.24. The van der Waals surface area contributed by atoms with Gasteiger partial charge in [0.25, 0.3) is 5.60 Å². The minimum Gasteiger partial charge on any atom is -0.458 e. The largest absolute Gasteiger partial charge is 0.458 e. The molecule has 23 heavy (non-hydrogen) atoms. The van der Waals surface area contributed by atoms with E-state index in [2.05, 4.69) is 4.74 Å². The van der Waals surface area contributed by atoms with Crippen molar-refractivity contribution >= 4 is 5.97 Å². The zero-order chi connectivity index (χ0) is 19.1. The molecule has 0 spiro atoms. The molecule has 0 aliphatic heterocycles. The molecule has 0 aromatic rings. The number of hydrogen-bond acceptors (Lipinski definition) is 3. The zero-order valence-corrected chi connectivity index (χ0v) is 13.8. The first-order valence-corrected chi connectivity index (χ1v) is 6.89. The van der Waals surface area contributed by atoms with Gasteiger partial charge in [0.1, 0.15) is 0 Å². The second-order valence-electron chi connectivity index (χ2n) is 7.15. The van der Waals surface area contributed by atoms with Gasteiger partial charge in [0.2, 0.25) is 0 Å². The number of aliphatic hydroxyl groups is 1. The van der Waals surface area contributed by atoms with Gasteiger partial charge in [-0.05, 0) is 20.3 Å². The molecule has 0 aromatic carbocycles. The molecule has 138 valence electrons. The van der Waals surface area contributed by atoms with Crippen molar-refractivity contribution in [2.24, 2.45) is 10.8 Å². The summed E-state index contributed by atoms with van der Waals surface area (Å²) in [6, 6.07) is 0. The Bertz CT molecular complexity index is 417. The van der Waals surface area contributed by atoms with E-state index in [4.69, 9.17) is 0 Å². The highest BCUT2D eigenvalue weighted by Gasteiger charge is 2.77. The molecule has 0 aliphatic carbocycles. The van der Waals surface area contributed by atoms with Gasteiger partial charge in [-0.25, -0.2) is 0 Å². The number of carbonyl (C=O) groups excluding carboxylic acids is 1. The Morgan fingerprint density at radius 1 is 0.957 bits per heavy atom. The minimum atomic E-state index is -6.07. The third-order valence-electron chi connectivity index (χ3n) is 3.69. The van der Waals surface area contributed by atoms with E-state index in [9.17, 15) is 36.2 Å². The maximum absolute atomic E-state index is 13.0. The summed E-state index contributed by atoms with van der Waals surface area (Å²) in [6.45, 7) is 7.25.